The third-order valence-electron chi connectivity index (χ3n) is 3.84. The molecule has 7 heteroatoms. The minimum atomic E-state index is -0.870. The maximum atomic E-state index is 13.2. The summed E-state index contributed by atoms with van der Waals surface area (Å²) in [6.45, 7) is 0.664. The molecule has 1 unspecified atom stereocenters. The van der Waals surface area contributed by atoms with E-state index >= 15 is 0 Å². The maximum Gasteiger partial charge on any atom is 0.308 e. The highest BCUT2D eigenvalue weighted by atomic mass is 32.1. The van der Waals surface area contributed by atoms with Crippen molar-refractivity contribution in [2.45, 2.75) is 12.8 Å². The normalized spacial score (nSPS) is 17.4. The highest BCUT2D eigenvalue weighted by Gasteiger charge is 2.32. The summed E-state index contributed by atoms with van der Waals surface area (Å²) in [5, 5.41) is 11.4. The van der Waals surface area contributed by atoms with E-state index in [4.69, 9.17) is 5.11 Å². The standard InChI is InChI=1S/C16H15FN2O3S/c17-12-3-1-2-10(6-12)7-14-18-13(9-23-14)15(20)19-5-4-11(8-19)16(21)22/h1-3,6,9,11H,4-5,7-8H2,(H,21,22). The van der Waals surface area contributed by atoms with Crippen molar-refractivity contribution in [3.8, 4) is 0 Å². The Balaban J connectivity index is 1.67. The number of carboxylic acids is 1. The van der Waals surface area contributed by atoms with Crippen LogP contribution in [0.25, 0.3) is 0 Å². The molecule has 1 aliphatic heterocycles. The quantitative estimate of drug-likeness (QED) is 0.932. The van der Waals surface area contributed by atoms with Crippen molar-refractivity contribution < 1.29 is 19.1 Å². The largest absolute Gasteiger partial charge is 0.481 e. The van der Waals surface area contributed by atoms with Gasteiger partial charge in [0.1, 0.15) is 11.5 Å². The molecule has 1 fully saturated rings. The van der Waals surface area contributed by atoms with E-state index in [0.29, 0.717) is 25.1 Å². The van der Waals surface area contributed by atoms with Crippen LogP contribution in [0, 0.1) is 11.7 Å². The van der Waals surface area contributed by atoms with Gasteiger partial charge in [-0.05, 0) is 24.1 Å². The number of carbonyl (C=O) groups is 2. The van der Waals surface area contributed by atoms with Gasteiger partial charge in [0, 0.05) is 24.9 Å². The SMILES string of the molecule is O=C(O)C1CCN(C(=O)c2csc(Cc3cccc(F)c3)n2)C1. The van der Waals surface area contributed by atoms with Crippen molar-refractivity contribution in [3.63, 3.8) is 0 Å². The number of rotatable bonds is 4. The number of likely N-dealkylation sites (tertiary alicyclic amines) is 1. The Labute approximate surface area is 136 Å². The first-order valence-corrected chi connectivity index (χ1v) is 8.12. The molecule has 0 aliphatic carbocycles. The predicted molar refractivity (Wildman–Crippen MR) is 83.0 cm³/mol. The second-order valence-corrected chi connectivity index (χ2v) is 6.45. The lowest BCUT2D eigenvalue weighted by Crippen LogP contribution is -2.30. The molecule has 0 spiro atoms. The summed E-state index contributed by atoms with van der Waals surface area (Å²) in [4.78, 5) is 29.1. The number of benzene rings is 1. The fraction of sp³-hybridized carbons (Fsp3) is 0.312. The number of hydrogen-bond donors (Lipinski definition) is 1. The molecule has 1 N–H and O–H groups in total. The van der Waals surface area contributed by atoms with E-state index in [0.717, 1.165) is 10.6 Å². The van der Waals surface area contributed by atoms with Gasteiger partial charge in [0.25, 0.3) is 5.91 Å². The van der Waals surface area contributed by atoms with Crippen LogP contribution in [0.2, 0.25) is 0 Å². The molecule has 1 aliphatic rings. The lowest BCUT2D eigenvalue weighted by molar-refractivity contribution is -0.141. The second kappa shape index (κ2) is 6.45. The lowest BCUT2D eigenvalue weighted by Gasteiger charge is -2.13. The number of amides is 1. The number of nitrogens with zero attached hydrogens (tertiary/aromatic N) is 2. The zero-order valence-electron chi connectivity index (χ0n) is 12.2. The van der Waals surface area contributed by atoms with Crippen molar-refractivity contribution in [1.82, 2.24) is 9.88 Å². The number of carbonyl (C=O) groups excluding carboxylic acids is 1. The van der Waals surface area contributed by atoms with Crippen molar-refractivity contribution in [1.29, 1.82) is 0 Å². The highest BCUT2D eigenvalue weighted by Crippen LogP contribution is 2.21. The van der Waals surface area contributed by atoms with E-state index < -0.39 is 11.9 Å². The molecule has 0 saturated carbocycles. The molecule has 1 saturated heterocycles. The number of aliphatic carboxylic acids is 1. The zero-order valence-corrected chi connectivity index (χ0v) is 13.1. The van der Waals surface area contributed by atoms with Crippen molar-refractivity contribution in [2.24, 2.45) is 5.92 Å². The van der Waals surface area contributed by atoms with Crippen LogP contribution in [-0.2, 0) is 11.2 Å². The van der Waals surface area contributed by atoms with E-state index in [9.17, 15) is 14.0 Å². The molecule has 120 valence electrons. The van der Waals surface area contributed by atoms with Crippen LogP contribution < -0.4 is 0 Å². The van der Waals surface area contributed by atoms with Crippen molar-refractivity contribution >= 4 is 23.2 Å². The molecule has 1 amide bonds. The Kier molecular flexibility index (Phi) is 4.38. The monoisotopic (exact) mass is 334 g/mol. The Hall–Kier alpha value is -2.28. The van der Waals surface area contributed by atoms with Crippen molar-refractivity contribution in [2.75, 3.05) is 13.1 Å². The summed E-state index contributed by atoms with van der Waals surface area (Å²) in [6, 6.07) is 6.28. The van der Waals surface area contributed by atoms with Crippen LogP contribution in [0.5, 0.6) is 0 Å². The molecule has 5 nitrogen and oxygen atoms in total. The van der Waals surface area contributed by atoms with Gasteiger partial charge in [0.15, 0.2) is 0 Å². The first-order valence-electron chi connectivity index (χ1n) is 7.24. The number of hydrogen-bond acceptors (Lipinski definition) is 4. The van der Waals surface area contributed by atoms with E-state index in [1.165, 1.54) is 28.4 Å². The first kappa shape index (κ1) is 15.6. The second-order valence-electron chi connectivity index (χ2n) is 5.51. The Morgan fingerprint density at radius 3 is 2.96 bits per heavy atom. The average molecular weight is 334 g/mol. The van der Waals surface area contributed by atoms with Gasteiger partial charge in [-0.3, -0.25) is 9.59 Å². The maximum absolute atomic E-state index is 13.2. The molecule has 1 atom stereocenters. The van der Waals surface area contributed by atoms with Gasteiger partial charge < -0.3 is 10.0 Å². The smallest absolute Gasteiger partial charge is 0.308 e. The highest BCUT2D eigenvalue weighted by molar-refractivity contribution is 7.09. The van der Waals surface area contributed by atoms with E-state index in [2.05, 4.69) is 4.98 Å². The zero-order chi connectivity index (χ0) is 16.4. The Morgan fingerprint density at radius 2 is 2.26 bits per heavy atom. The predicted octanol–water partition coefficient (Wildman–Crippen LogP) is 2.42. The number of carboxylic acid groups (broad SMARTS) is 1. The number of aromatic nitrogens is 1. The third-order valence-corrected chi connectivity index (χ3v) is 4.69. The molecular formula is C16H15FN2O3S. The fourth-order valence-corrected chi connectivity index (χ4v) is 3.42. The molecule has 2 heterocycles. The van der Waals surface area contributed by atoms with E-state index in [1.807, 2.05) is 6.07 Å². The van der Waals surface area contributed by atoms with Gasteiger partial charge in [-0.15, -0.1) is 11.3 Å². The van der Waals surface area contributed by atoms with E-state index in [-0.39, 0.29) is 18.3 Å². The minimum Gasteiger partial charge on any atom is -0.481 e. The number of halogens is 1. The summed E-state index contributed by atoms with van der Waals surface area (Å²) in [5.74, 6) is -1.91. The van der Waals surface area contributed by atoms with Gasteiger partial charge in [0.05, 0.1) is 10.9 Å². The Morgan fingerprint density at radius 1 is 1.43 bits per heavy atom. The lowest BCUT2D eigenvalue weighted by atomic mass is 10.1. The Bertz CT molecular complexity index is 746. The van der Waals surface area contributed by atoms with Crippen LogP contribution in [-0.4, -0.2) is 40.0 Å². The summed E-state index contributed by atoms with van der Waals surface area (Å²) < 4.78 is 13.2. The van der Waals surface area contributed by atoms with Crippen molar-refractivity contribution in [3.05, 3.63) is 51.7 Å². The van der Waals surface area contributed by atoms with Crippen LogP contribution in [0.3, 0.4) is 0 Å². The van der Waals surface area contributed by atoms with Gasteiger partial charge in [-0.1, -0.05) is 12.1 Å². The van der Waals surface area contributed by atoms with Crippen LogP contribution in [0.1, 0.15) is 27.5 Å². The molecule has 0 bridgehead atoms. The summed E-state index contributed by atoms with van der Waals surface area (Å²) in [5.41, 5.74) is 1.12. The minimum absolute atomic E-state index is 0.227. The fourth-order valence-electron chi connectivity index (χ4n) is 2.62. The number of thiazole rings is 1. The summed E-state index contributed by atoms with van der Waals surface area (Å²) in [7, 11) is 0. The van der Waals surface area contributed by atoms with Crippen LogP contribution in [0.4, 0.5) is 4.39 Å². The molecule has 3 rings (SSSR count). The average Bonchev–Trinajstić information content (AvgIpc) is 3.15. The topological polar surface area (TPSA) is 70.5 Å². The molecular weight excluding hydrogens is 319 g/mol. The molecule has 0 radical (unpaired) electrons. The third kappa shape index (κ3) is 3.56. The van der Waals surface area contributed by atoms with Gasteiger partial charge in [-0.2, -0.15) is 0 Å². The van der Waals surface area contributed by atoms with E-state index in [1.54, 1.807) is 11.4 Å². The first-order chi connectivity index (χ1) is 11.0. The van der Waals surface area contributed by atoms with Gasteiger partial charge >= 0.3 is 5.97 Å². The molecule has 23 heavy (non-hydrogen) atoms. The molecule has 1 aromatic heterocycles. The van der Waals surface area contributed by atoms with Gasteiger partial charge in [-0.25, -0.2) is 9.37 Å². The van der Waals surface area contributed by atoms with Gasteiger partial charge in [0.2, 0.25) is 0 Å². The summed E-state index contributed by atoms with van der Waals surface area (Å²) in [6.07, 6.45) is 0.939. The molecule has 2 aromatic rings. The van der Waals surface area contributed by atoms with Crippen LogP contribution >= 0.6 is 11.3 Å². The van der Waals surface area contributed by atoms with Crippen LogP contribution in [0.15, 0.2) is 29.6 Å². The molecule has 1 aromatic carbocycles. The summed E-state index contributed by atoms with van der Waals surface area (Å²) >= 11 is 1.35.